The lowest BCUT2D eigenvalue weighted by Gasteiger charge is -2.28. The highest BCUT2D eigenvalue weighted by atomic mass is 35.7. The molecule has 0 saturated carbocycles. The molecule has 1 fully saturated rings. The summed E-state index contributed by atoms with van der Waals surface area (Å²) in [5, 5.41) is 0. The average molecular weight is 330 g/mol. The van der Waals surface area contributed by atoms with Gasteiger partial charge in [0, 0.05) is 29.3 Å². The number of piperidine rings is 1. The normalized spacial score (nSPS) is 21.8. The largest absolute Gasteiger partial charge is 0.492 e. The summed E-state index contributed by atoms with van der Waals surface area (Å²) in [6.07, 6.45) is 3.18. The standard InChI is InChI=1S/C14H16ClNO4S/c15-21(18,19)10-4-5-13-11(8-10)12(9-20-13)14(17)16-6-2-1-3-7-16/h4-5,8,12H,1-3,6-7,9H2. The van der Waals surface area contributed by atoms with Gasteiger partial charge in [0.2, 0.25) is 5.91 Å². The van der Waals surface area contributed by atoms with Gasteiger partial charge in [-0.25, -0.2) is 8.42 Å². The van der Waals surface area contributed by atoms with E-state index in [4.69, 9.17) is 15.4 Å². The van der Waals surface area contributed by atoms with E-state index in [-0.39, 0.29) is 17.4 Å². The second kappa shape index (κ2) is 5.50. The average Bonchev–Trinajstić information content (AvgIpc) is 2.89. The van der Waals surface area contributed by atoms with E-state index in [2.05, 4.69) is 0 Å². The summed E-state index contributed by atoms with van der Waals surface area (Å²) >= 11 is 0. The molecule has 21 heavy (non-hydrogen) atoms. The van der Waals surface area contributed by atoms with E-state index in [9.17, 15) is 13.2 Å². The van der Waals surface area contributed by atoms with E-state index >= 15 is 0 Å². The number of hydrogen-bond acceptors (Lipinski definition) is 4. The van der Waals surface area contributed by atoms with E-state index in [0.29, 0.717) is 11.3 Å². The van der Waals surface area contributed by atoms with Crippen LogP contribution in [0, 0.1) is 0 Å². The molecule has 1 saturated heterocycles. The van der Waals surface area contributed by atoms with Crippen LogP contribution in [0.5, 0.6) is 5.75 Å². The Bertz CT molecular complexity index is 668. The van der Waals surface area contributed by atoms with Gasteiger partial charge in [-0.3, -0.25) is 4.79 Å². The van der Waals surface area contributed by atoms with Crippen LogP contribution in [0.4, 0.5) is 0 Å². The van der Waals surface area contributed by atoms with Gasteiger partial charge < -0.3 is 9.64 Å². The number of nitrogens with zero attached hydrogens (tertiary/aromatic N) is 1. The summed E-state index contributed by atoms with van der Waals surface area (Å²) in [6.45, 7) is 1.78. The first-order valence-corrected chi connectivity index (χ1v) is 9.28. The second-order valence-electron chi connectivity index (χ2n) is 5.39. The Hall–Kier alpha value is -1.27. The predicted octanol–water partition coefficient (Wildman–Crippen LogP) is 2.10. The number of carbonyl (C=O) groups excluding carboxylic acids is 1. The summed E-state index contributed by atoms with van der Waals surface area (Å²) in [5.74, 6) is 0.142. The van der Waals surface area contributed by atoms with Gasteiger partial charge in [-0.2, -0.15) is 0 Å². The SMILES string of the molecule is O=C(C1COc2ccc(S(=O)(=O)Cl)cc21)N1CCCCC1. The van der Waals surface area contributed by atoms with Crippen molar-refractivity contribution in [2.45, 2.75) is 30.1 Å². The highest BCUT2D eigenvalue weighted by Gasteiger charge is 2.34. The van der Waals surface area contributed by atoms with E-state index in [1.807, 2.05) is 4.90 Å². The number of ether oxygens (including phenoxy) is 1. The van der Waals surface area contributed by atoms with E-state index in [1.165, 1.54) is 12.1 Å². The summed E-state index contributed by atoms with van der Waals surface area (Å²) in [7, 11) is 1.57. The molecule has 1 unspecified atom stereocenters. The van der Waals surface area contributed by atoms with Crippen LogP contribution in [-0.4, -0.2) is 38.9 Å². The molecule has 3 rings (SSSR count). The summed E-state index contributed by atoms with van der Waals surface area (Å²) in [4.78, 5) is 14.4. The fraction of sp³-hybridized carbons (Fsp3) is 0.500. The third-order valence-corrected chi connectivity index (χ3v) is 5.36. The number of likely N-dealkylation sites (tertiary alicyclic amines) is 1. The van der Waals surface area contributed by atoms with Crippen molar-refractivity contribution in [1.29, 1.82) is 0 Å². The van der Waals surface area contributed by atoms with Crippen molar-refractivity contribution in [3.63, 3.8) is 0 Å². The zero-order valence-corrected chi connectivity index (χ0v) is 13.0. The van der Waals surface area contributed by atoms with Gasteiger partial charge in [0.25, 0.3) is 9.05 Å². The fourth-order valence-electron chi connectivity index (χ4n) is 2.88. The van der Waals surface area contributed by atoms with Gasteiger partial charge in [-0.1, -0.05) is 0 Å². The summed E-state index contributed by atoms with van der Waals surface area (Å²) in [6, 6.07) is 4.42. The first-order chi connectivity index (χ1) is 9.97. The Balaban J connectivity index is 1.90. The molecule has 2 aliphatic heterocycles. The molecule has 5 nitrogen and oxygen atoms in total. The maximum absolute atomic E-state index is 12.6. The van der Waals surface area contributed by atoms with Crippen LogP contribution < -0.4 is 4.74 Å². The molecule has 114 valence electrons. The Morgan fingerprint density at radius 1 is 1.24 bits per heavy atom. The zero-order chi connectivity index (χ0) is 15.0. The summed E-state index contributed by atoms with van der Waals surface area (Å²) in [5.41, 5.74) is 0.618. The van der Waals surface area contributed by atoms with Crippen molar-refractivity contribution in [3.8, 4) is 5.75 Å². The maximum atomic E-state index is 12.6. The van der Waals surface area contributed by atoms with E-state index < -0.39 is 15.0 Å². The molecule has 0 bridgehead atoms. The molecule has 1 aromatic carbocycles. The number of halogens is 1. The lowest BCUT2D eigenvalue weighted by Crippen LogP contribution is -2.39. The van der Waals surface area contributed by atoms with Gasteiger partial charge in [0.05, 0.1) is 4.90 Å². The van der Waals surface area contributed by atoms with Crippen molar-refractivity contribution >= 4 is 25.6 Å². The Morgan fingerprint density at radius 2 is 1.95 bits per heavy atom. The lowest BCUT2D eigenvalue weighted by atomic mass is 9.98. The van der Waals surface area contributed by atoms with Gasteiger partial charge in [-0.15, -0.1) is 0 Å². The molecule has 7 heteroatoms. The molecular formula is C14H16ClNO4S. The van der Waals surface area contributed by atoms with Crippen LogP contribution in [0.1, 0.15) is 30.7 Å². The first-order valence-electron chi connectivity index (χ1n) is 6.97. The van der Waals surface area contributed by atoms with E-state index in [0.717, 1.165) is 32.4 Å². The van der Waals surface area contributed by atoms with Crippen molar-refractivity contribution in [2.24, 2.45) is 0 Å². The minimum Gasteiger partial charge on any atom is -0.492 e. The van der Waals surface area contributed by atoms with Crippen molar-refractivity contribution in [3.05, 3.63) is 23.8 Å². The van der Waals surface area contributed by atoms with Crippen LogP contribution in [-0.2, 0) is 13.8 Å². The Morgan fingerprint density at radius 3 is 2.62 bits per heavy atom. The topological polar surface area (TPSA) is 63.7 Å². The Labute approximate surface area is 128 Å². The molecule has 1 atom stereocenters. The van der Waals surface area contributed by atoms with Crippen LogP contribution in [0.2, 0.25) is 0 Å². The summed E-state index contributed by atoms with van der Waals surface area (Å²) < 4.78 is 28.4. The number of amides is 1. The number of carbonyl (C=O) groups is 1. The van der Waals surface area contributed by atoms with Crippen molar-refractivity contribution in [2.75, 3.05) is 19.7 Å². The highest BCUT2D eigenvalue weighted by molar-refractivity contribution is 8.13. The molecule has 0 aliphatic carbocycles. The van der Waals surface area contributed by atoms with Gasteiger partial charge >= 0.3 is 0 Å². The number of rotatable bonds is 2. The first kappa shape index (κ1) is 14.7. The molecule has 2 heterocycles. The quantitative estimate of drug-likeness (QED) is 0.779. The molecule has 1 amide bonds. The van der Waals surface area contributed by atoms with E-state index in [1.54, 1.807) is 6.07 Å². The predicted molar refractivity (Wildman–Crippen MR) is 78.1 cm³/mol. The number of fused-ring (bicyclic) bond motifs is 1. The number of benzene rings is 1. The highest BCUT2D eigenvalue weighted by Crippen LogP contribution is 2.37. The third kappa shape index (κ3) is 2.87. The zero-order valence-electron chi connectivity index (χ0n) is 11.4. The molecular weight excluding hydrogens is 314 g/mol. The van der Waals surface area contributed by atoms with Crippen LogP contribution >= 0.6 is 10.7 Å². The molecule has 0 N–H and O–H groups in total. The smallest absolute Gasteiger partial charge is 0.261 e. The maximum Gasteiger partial charge on any atom is 0.261 e. The van der Waals surface area contributed by atoms with Gasteiger partial charge in [-0.05, 0) is 37.5 Å². The van der Waals surface area contributed by atoms with Crippen LogP contribution in [0.3, 0.4) is 0 Å². The molecule has 0 radical (unpaired) electrons. The molecule has 2 aliphatic rings. The van der Waals surface area contributed by atoms with Gasteiger partial charge in [0.1, 0.15) is 18.3 Å². The monoisotopic (exact) mass is 329 g/mol. The molecule has 0 aromatic heterocycles. The minimum absolute atomic E-state index is 0.00450. The van der Waals surface area contributed by atoms with Crippen LogP contribution in [0.15, 0.2) is 23.1 Å². The van der Waals surface area contributed by atoms with Crippen molar-refractivity contribution < 1.29 is 17.9 Å². The molecule has 1 aromatic rings. The number of hydrogen-bond donors (Lipinski definition) is 0. The van der Waals surface area contributed by atoms with Gasteiger partial charge in [0.15, 0.2) is 0 Å². The fourth-order valence-corrected chi connectivity index (χ4v) is 3.67. The third-order valence-electron chi connectivity index (χ3n) is 4.01. The van der Waals surface area contributed by atoms with Crippen LogP contribution in [0.25, 0.3) is 0 Å². The minimum atomic E-state index is -3.81. The molecule has 0 spiro atoms. The van der Waals surface area contributed by atoms with Crippen molar-refractivity contribution in [1.82, 2.24) is 4.90 Å². The second-order valence-corrected chi connectivity index (χ2v) is 7.95. The lowest BCUT2D eigenvalue weighted by molar-refractivity contribution is -0.133. The Kier molecular flexibility index (Phi) is 3.84.